The number of esters is 1. The van der Waals surface area contributed by atoms with Crippen LogP contribution in [0.5, 0.6) is 5.75 Å². The summed E-state index contributed by atoms with van der Waals surface area (Å²) >= 11 is 7.80. The zero-order valence-corrected chi connectivity index (χ0v) is 53.2. The van der Waals surface area contributed by atoms with Crippen molar-refractivity contribution in [1.82, 2.24) is 36.8 Å². The maximum absolute atomic E-state index is 14.4. The Kier molecular flexibility index (Phi) is 27.5. The predicted molar refractivity (Wildman–Crippen MR) is 326 cm³/mol. The number of aliphatic hydroxyl groups is 1. The molecule has 1 saturated carbocycles. The molecular formula is C59H87ClN10O18S. The van der Waals surface area contributed by atoms with Gasteiger partial charge in [0.15, 0.2) is 5.72 Å². The molecule has 4 aliphatic rings. The van der Waals surface area contributed by atoms with Crippen LogP contribution < -0.4 is 53.0 Å². The van der Waals surface area contributed by atoms with E-state index in [0.29, 0.717) is 62.9 Å². The van der Waals surface area contributed by atoms with E-state index in [9.17, 15) is 63.0 Å². The number of allylic oxidation sites excluding steroid dienone is 3. The third-order valence-electron chi connectivity index (χ3n) is 16.6. The number of thioether (sulfide) groups is 1. The highest BCUT2D eigenvalue weighted by Gasteiger charge is 2.64. The lowest BCUT2D eigenvalue weighted by Gasteiger charge is -2.42. The van der Waals surface area contributed by atoms with Crippen molar-refractivity contribution in [2.45, 2.75) is 158 Å². The number of rotatable bonds is 27. The number of hydrogen-bond donors (Lipinski definition) is 10. The van der Waals surface area contributed by atoms with Gasteiger partial charge in [0.05, 0.1) is 56.6 Å². The molecule has 3 heterocycles. The van der Waals surface area contributed by atoms with Crippen molar-refractivity contribution >= 4 is 94.3 Å². The molecule has 89 heavy (non-hydrogen) atoms. The largest absolute Gasteiger partial charge is 0.495 e. The SMILES string of the molecule is COc1cc2cc(c1Cl)N(C)C(=O)C[C@H](OC(=O)[C@H](C)N(C)C(=O)CCS[C@H](CC(=O)O)C(=O)NCC1CCC(C(=O)NCCCCC(NC(=O)CNC(=O)CNC(=O)CN)C(N)=O)CC1)[C@]1(C)O[C@H]1[C@H](C)C1C[C@@](O)(NC(=O)O1)[C@H](OC)/C=C/C=C(\C)C2. The van der Waals surface area contributed by atoms with E-state index >= 15 is 0 Å². The number of anilines is 1. The number of likely N-dealkylation sites (N-methyl/N-ethyl adjacent to an activating group) is 1. The number of aliphatic carboxylic acids is 1. The third kappa shape index (κ3) is 21.0. The topological polar surface area (TPSA) is 408 Å². The zero-order valence-electron chi connectivity index (χ0n) is 51.6. The first-order valence-electron chi connectivity index (χ1n) is 29.6. The molecule has 0 spiro atoms. The molecule has 10 atom stereocenters. The van der Waals surface area contributed by atoms with Crippen molar-refractivity contribution in [1.29, 1.82) is 0 Å². The number of halogens is 1. The molecule has 2 unspecified atom stereocenters. The molecule has 2 saturated heterocycles. The highest BCUT2D eigenvalue weighted by atomic mass is 35.5. The van der Waals surface area contributed by atoms with Gasteiger partial charge in [-0.3, -0.25) is 48.5 Å². The van der Waals surface area contributed by atoms with Crippen molar-refractivity contribution in [3.63, 3.8) is 0 Å². The zero-order chi connectivity index (χ0) is 65.9. The number of epoxide rings is 1. The number of benzene rings is 1. The fraction of sp³-hybridized carbons (Fsp3) is 0.644. The first-order valence-corrected chi connectivity index (χ1v) is 31.0. The van der Waals surface area contributed by atoms with Gasteiger partial charge in [0.1, 0.15) is 46.8 Å². The lowest BCUT2D eigenvalue weighted by atomic mass is 9.81. The van der Waals surface area contributed by atoms with E-state index in [1.54, 1.807) is 38.1 Å². The average Bonchev–Trinajstić information content (AvgIpc) is 1.72. The molecule has 12 N–H and O–H groups in total. The summed E-state index contributed by atoms with van der Waals surface area (Å²) in [5.41, 5.74) is 9.28. The Morgan fingerprint density at radius 3 is 2.33 bits per heavy atom. The van der Waals surface area contributed by atoms with Crippen molar-refractivity contribution in [2.24, 2.45) is 29.2 Å². The average molecular weight is 1290 g/mol. The minimum Gasteiger partial charge on any atom is -0.495 e. The molecule has 4 bridgehead atoms. The number of carbonyl (C=O) groups is 11. The second kappa shape index (κ2) is 33.7. The van der Waals surface area contributed by atoms with Crippen LogP contribution in [-0.2, 0) is 73.3 Å². The number of nitrogens with two attached hydrogens (primary N) is 2. The number of unbranched alkanes of at least 4 members (excludes halogenated alkanes) is 1. The van der Waals surface area contributed by atoms with E-state index < -0.39 is 138 Å². The Labute approximate surface area is 526 Å². The molecule has 1 aromatic carbocycles. The number of carboxylic acid groups (broad SMARTS) is 1. The molecule has 1 aromatic rings. The number of methoxy groups -OCH3 is 2. The minimum absolute atomic E-state index is 0.0111. The Hall–Kier alpha value is -7.05. The number of hydrogen-bond acceptors (Lipinski definition) is 19. The quantitative estimate of drug-likeness (QED) is 0.0332. The fourth-order valence-corrected chi connectivity index (χ4v) is 12.3. The number of fused-ring (bicyclic) bond motifs is 5. The third-order valence-corrected chi connectivity index (χ3v) is 18.2. The smallest absolute Gasteiger partial charge is 0.409 e. The summed E-state index contributed by atoms with van der Waals surface area (Å²) in [6.07, 6.45) is 2.71. The minimum atomic E-state index is -1.92. The number of nitrogens with one attached hydrogen (secondary N) is 6. The lowest BCUT2D eigenvalue weighted by Crippen LogP contribution is -2.63. The summed E-state index contributed by atoms with van der Waals surface area (Å²) in [5.74, 6) is -7.04. The number of carboxylic acids is 1. The summed E-state index contributed by atoms with van der Waals surface area (Å²) in [5, 5.41) is 36.0. The van der Waals surface area contributed by atoms with Gasteiger partial charge in [-0.2, -0.15) is 0 Å². The highest BCUT2D eigenvalue weighted by Crippen LogP contribution is 2.49. The molecule has 494 valence electrons. The number of amides is 9. The number of ether oxygens (including phenoxy) is 5. The Morgan fingerprint density at radius 2 is 1.67 bits per heavy atom. The standard InChI is InChI=1S/C59H87ClN10O18S/c1-32-12-11-14-43(85-8)59(83)27-41(86-57(82)68-59)33(2)52-58(4,88-52)44(26-49(75)70(6)39-23-36(22-32)24-40(84-7)51(39)60)87-56(81)34(3)69(5)48(74)19-21-89-42(25-50(76)77)55(80)66-29-35-15-17-37(18-16-35)54(79)63-20-10-9-13-38(53(62)78)67-47(73)31-65-46(72)30-64-45(71)28-61/h11-12,14,23-24,33-35,37-38,41-44,52,83H,9-10,13,15-22,25-31,61H2,1-8H3,(H2,62,78)(H,63,79)(H,64,71)(H,65,72)(H,66,80)(H,67,73)(H,68,82)(H,76,77)/b14-11+,32-12+/t33-,34+,35?,37?,38?,41?,42-,43-,44+,52+,58+,59+/m1/s1. The molecule has 9 amide bonds. The first kappa shape index (κ1) is 72.7. The van der Waals surface area contributed by atoms with Gasteiger partial charge in [-0.1, -0.05) is 42.3 Å². The molecular weight excluding hydrogens is 1200 g/mol. The first-order chi connectivity index (χ1) is 42.0. The van der Waals surface area contributed by atoms with Crippen LogP contribution in [0.25, 0.3) is 0 Å². The predicted octanol–water partition coefficient (Wildman–Crippen LogP) is 0.851. The van der Waals surface area contributed by atoms with Crippen LogP contribution in [0.1, 0.15) is 104 Å². The van der Waals surface area contributed by atoms with Gasteiger partial charge in [0.25, 0.3) is 0 Å². The van der Waals surface area contributed by atoms with Crippen molar-refractivity contribution in [2.75, 3.05) is 71.7 Å². The van der Waals surface area contributed by atoms with E-state index in [4.69, 9.17) is 46.8 Å². The second-order valence-electron chi connectivity index (χ2n) is 23.1. The van der Waals surface area contributed by atoms with Gasteiger partial charge in [0, 0.05) is 64.7 Å². The maximum atomic E-state index is 14.4. The monoisotopic (exact) mass is 1290 g/mol. The van der Waals surface area contributed by atoms with E-state index in [0.717, 1.165) is 27.8 Å². The molecule has 0 radical (unpaired) electrons. The molecule has 1 aliphatic carbocycles. The van der Waals surface area contributed by atoms with Crippen molar-refractivity contribution in [3.05, 3.63) is 46.5 Å². The Morgan fingerprint density at radius 1 is 0.989 bits per heavy atom. The number of nitrogens with zero attached hydrogens (tertiary/aromatic N) is 2. The van der Waals surface area contributed by atoms with E-state index in [-0.39, 0.29) is 67.4 Å². The van der Waals surface area contributed by atoms with Gasteiger partial charge in [-0.25, -0.2) is 9.59 Å². The van der Waals surface area contributed by atoms with Crippen LogP contribution in [0.2, 0.25) is 5.02 Å². The number of alkyl carbamates (subject to hydrolysis) is 1. The van der Waals surface area contributed by atoms with E-state index in [2.05, 4.69) is 31.9 Å². The van der Waals surface area contributed by atoms with Crippen molar-refractivity contribution < 1.29 is 86.6 Å². The molecule has 30 heteroatoms. The van der Waals surface area contributed by atoms with E-state index in [1.807, 2.05) is 13.0 Å². The van der Waals surface area contributed by atoms with Gasteiger partial charge < -0.3 is 81.7 Å². The van der Waals surface area contributed by atoms with E-state index in [1.165, 1.54) is 40.1 Å². The molecule has 3 aliphatic heterocycles. The summed E-state index contributed by atoms with van der Waals surface area (Å²) < 4.78 is 29.4. The summed E-state index contributed by atoms with van der Waals surface area (Å²) in [7, 11) is 5.75. The summed E-state index contributed by atoms with van der Waals surface area (Å²) in [6, 6.07) is 1.25. The van der Waals surface area contributed by atoms with Gasteiger partial charge >= 0.3 is 18.0 Å². The molecule has 0 aromatic heterocycles. The summed E-state index contributed by atoms with van der Waals surface area (Å²) in [4.78, 5) is 144. The lowest BCUT2D eigenvalue weighted by molar-refractivity contribution is -0.162. The van der Waals surface area contributed by atoms with Crippen molar-refractivity contribution in [3.8, 4) is 5.75 Å². The van der Waals surface area contributed by atoms with Crippen LogP contribution >= 0.6 is 23.4 Å². The Balaban J connectivity index is 1.12. The van der Waals surface area contributed by atoms with Gasteiger partial charge in [-0.05, 0) is 95.8 Å². The number of primary amides is 1. The molecule has 5 rings (SSSR count). The molecule has 3 fully saturated rings. The second-order valence-corrected chi connectivity index (χ2v) is 24.8. The van der Waals surface area contributed by atoms with Crippen LogP contribution in [0.3, 0.4) is 0 Å². The fourth-order valence-electron chi connectivity index (χ4n) is 10.9. The summed E-state index contributed by atoms with van der Waals surface area (Å²) in [6.45, 7) is 6.14. The maximum Gasteiger partial charge on any atom is 0.409 e. The van der Waals surface area contributed by atoms with Crippen LogP contribution in [0.15, 0.2) is 35.9 Å². The van der Waals surface area contributed by atoms with Gasteiger partial charge in [0.2, 0.25) is 47.3 Å². The highest BCUT2D eigenvalue weighted by molar-refractivity contribution is 8.00. The Bertz CT molecular complexity index is 2820. The normalized spacial score (nSPS) is 26.3. The molecule has 28 nitrogen and oxygen atoms in total. The van der Waals surface area contributed by atoms with Crippen LogP contribution in [-0.4, -0.2) is 200 Å². The number of carbonyl (C=O) groups excluding carboxylic acids is 10. The van der Waals surface area contributed by atoms with Crippen LogP contribution in [0.4, 0.5) is 10.5 Å². The van der Waals surface area contributed by atoms with Crippen LogP contribution in [0, 0.1) is 17.8 Å². The van der Waals surface area contributed by atoms with Gasteiger partial charge in [-0.15, -0.1) is 11.8 Å².